The third kappa shape index (κ3) is 3.43. The van der Waals surface area contributed by atoms with Gasteiger partial charge in [0.25, 0.3) is 0 Å². The van der Waals surface area contributed by atoms with E-state index >= 15 is 0 Å². The van der Waals surface area contributed by atoms with Crippen LogP contribution in [0.25, 0.3) is 5.57 Å². The summed E-state index contributed by atoms with van der Waals surface area (Å²) < 4.78 is 0. The predicted octanol–water partition coefficient (Wildman–Crippen LogP) is 2.70. The number of nitrogens with one attached hydrogen (secondary N) is 1. The van der Waals surface area contributed by atoms with Crippen molar-refractivity contribution in [3.63, 3.8) is 0 Å². The van der Waals surface area contributed by atoms with Gasteiger partial charge >= 0.3 is 0 Å². The summed E-state index contributed by atoms with van der Waals surface area (Å²) in [5, 5.41) is 3.34. The van der Waals surface area contributed by atoms with Crippen molar-refractivity contribution >= 4 is 5.57 Å². The highest BCUT2D eigenvalue weighted by atomic mass is 14.9. The van der Waals surface area contributed by atoms with Crippen LogP contribution in [0.5, 0.6) is 0 Å². The highest BCUT2D eigenvalue weighted by Crippen LogP contribution is 2.09. The van der Waals surface area contributed by atoms with E-state index in [9.17, 15) is 0 Å². The van der Waals surface area contributed by atoms with Crippen molar-refractivity contribution in [2.75, 3.05) is 6.54 Å². The van der Waals surface area contributed by atoms with Gasteiger partial charge in [0.15, 0.2) is 0 Å². The second-order valence-corrected chi connectivity index (χ2v) is 3.51. The maximum Gasteiger partial charge on any atom is 0.0207 e. The Kier molecular flexibility index (Phi) is 3.71. The van der Waals surface area contributed by atoms with E-state index < -0.39 is 0 Å². The van der Waals surface area contributed by atoms with E-state index in [0.29, 0.717) is 6.04 Å². The van der Waals surface area contributed by atoms with Crippen LogP contribution in [0.15, 0.2) is 36.9 Å². The zero-order valence-corrected chi connectivity index (χ0v) is 8.38. The second-order valence-electron chi connectivity index (χ2n) is 3.51. The third-order valence-electron chi connectivity index (χ3n) is 1.91. The highest BCUT2D eigenvalue weighted by molar-refractivity contribution is 5.64. The van der Waals surface area contributed by atoms with Crippen molar-refractivity contribution in [2.45, 2.75) is 19.9 Å². The topological polar surface area (TPSA) is 12.0 Å². The molecule has 1 heteroatoms. The Labute approximate surface area is 80.5 Å². The molecule has 0 heterocycles. The van der Waals surface area contributed by atoms with Gasteiger partial charge in [0.1, 0.15) is 0 Å². The molecule has 0 amide bonds. The molecule has 0 aliphatic carbocycles. The summed E-state index contributed by atoms with van der Waals surface area (Å²) in [4.78, 5) is 0. The molecule has 0 bridgehead atoms. The average molecular weight is 175 g/mol. The lowest BCUT2D eigenvalue weighted by Crippen LogP contribution is -2.24. The van der Waals surface area contributed by atoms with Gasteiger partial charge in [-0.25, -0.2) is 0 Å². The molecule has 1 N–H and O–H groups in total. The zero-order chi connectivity index (χ0) is 9.68. The van der Waals surface area contributed by atoms with E-state index in [1.165, 1.54) is 5.56 Å². The van der Waals surface area contributed by atoms with Gasteiger partial charge in [-0.05, 0) is 11.1 Å². The lowest BCUT2D eigenvalue weighted by atomic mass is 10.1. The number of benzene rings is 1. The van der Waals surface area contributed by atoms with Crippen LogP contribution < -0.4 is 5.32 Å². The quantitative estimate of drug-likeness (QED) is 0.742. The summed E-state index contributed by atoms with van der Waals surface area (Å²) >= 11 is 0. The monoisotopic (exact) mass is 175 g/mol. The summed E-state index contributed by atoms with van der Waals surface area (Å²) in [6.45, 7) is 9.17. The van der Waals surface area contributed by atoms with Gasteiger partial charge in [0.2, 0.25) is 0 Å². The van der Waals surface area contributed by atoms with E-state index in [1.54, 1.807) is 0 Å². The Hall–Kier alpha value is -1.08. The Morgan fingerprint density at radius 2 is 1.92 bits per heavy atom. The highest BCUT2D eigenvalue weighted by Gasteiger charge is 1.98. The Morgan fingerprint density at radius 3 is 2.46 bits per heavy atom. The van der Waals surface area contributed by atoms with Crippen LogP contribution in [0.4, 0.5) is 0 Å². The van der Waals surface area contributed by atoms with E-state index in [4.69, 9.17) is 0 Å². The van der Waals surface area contributed by atoms with E-state index in [0.717, 1.165) is 12.1 Å². The van der Waals surface area contributed by atoms with Crippen molar-refractivity contribution in [1.82, 2.24) is 5.32 Å². The van der Waals surface area contributed by atoms with Crippen LogP contribution in [-0.4, -0.2) is 12.6 Å². The van der Waals surface area contributed by atoms with Gasteiger partial charge in [-0.1, -0.05) is 50.8 Å². The standard InChI is InChI=1S/C12H17N/c1-10(2)13-9-11(3)12-7-5-4-6-8-12/h4-8,10,13H,3,9H2,1-2H3. The molecule has 0 spiro atoms. The maximum absolute atomic E-state index is 4.03. The molecular weight excluding hydrogens is 158 g/mol. The molecule has 70 valence electrons. The Morgan fingerprint density at radius 1 is 1.31 bits per heavy atom. The molecule has 1 aromatic carbocycles. The molecular formula is C12H17N. The first-order valence-electron chi connectivity index (χ1n) is 4.66. The summed E-state index contributed by atoms with van der Waals surface area (Å²) in [7, 11) is 0. The van der Waals surface area contributed by atoms with Gasteiger partial charge in [-0.3, -0.25) is 0 Å². The van der Waals surface area contributed by atoms with Gasteiger partial charge in [-0.15, -0.1) is 0 Å². The predicted molar refractivity (Wildman–Crippen MR) is 58.6 cm³/mol. The minimum atomic E-state index is 0.514. The first-order valence-corrected chi connectivity index (χ1v) is 4.66. The molecule has 1 aromatic rings. The number of hydrogen-bond donors (Lipinski definition) is 1. The summed E-state index contributed by atoms with van der Waals surface area (Å²) in [6.07, 6.45) is 0. The van der Waals surface area contributed by atoms with Crippen molar-refractivity contribution < 1.29 is 0 Å². The largest absolute Gasteiger partial charge is 0.310 e. The van der Waals surface area contributed by atoms with Crippen LogP contribution in [0.2, 0.25) is 0 Å². The minimum Gasteiger partial charge on any atom is -0.310 e. The van der Waals surface area contributed by atoms with Crippen LogP contribution in [0.1, 0.15) is 19.4 Å². The first kappa shape index (κ1) is 10.0. The second kappa shape index (κ2) is 4.83. The van der Waals surface area contributed by atoms with Crippen LogP contribution >= 0.6 is 0 Å². The summed E-state index contributed by atoms with van der Waals surface area (Å²) in [6, 6.07) is 10.8. The van der Waals surface area contributed by atoms with Crippen LogP contribution in [0.3, 0.4) is 0 Å². The fourth-order valence-corrected chi connectivity index (χ4v) is 1.10. The van der Waals surface area contributed by atoms with Crippen molar-refractivity contribution in [1.29, 1.82) is 0 Å². The first-order chi connectivity index (χ1) is 6.20. The molecule has 0 aliphatic heterocycles. The molecule has 0 aliphatic rings. The fourth-order valence-electron chi connectivity index (χ4n) is 1.10. The Bertz CT molecular complexity index is 262. The van der Waals surface area contributed by atoms with E-state index in [-0.39, 0.29) is 0 Å². The molecule has 1 rings (SSSR count). The lowest BCUT2D eigenvalue weighted by molar-refractivity contribution is 0.638. The normalized spacial score (nSPS) is 10.4. The smallest absolute Gasteiger partial charge is 0.0207 e. The molecule has 0 aromatic heterocycles. The molecule has 0 fully saturated rings. The van der Waals surface area contributed by atoms with Crippen molar-refractivity contribution in [3.05, 3.63) is 42.5 Å². The SMILES string of the molecule is C=C(CNC(C)C)c1ccccc1. The number of hydrogen-bond acceptors (Lipinski definition) is 1. The van der Waals surface area contributed by atoms with Gasteiger partial charge in [-0.2, -0.15) is 0 Å². The molecule has 1 nitrogen and oxygen atoms in total. The fraction of sp³-hybridized carbons (Fsp3) is 0.333. The average Bonchev–Trinajstić information content (AvgIpc) is 2.15. The van der Waals surface area contributed by atoms with Gasteiger partial charge in [0, 0.05) is 12.6 Å². The van der Waals surface area contributed by atoms with Gasteiger partial charge in [0.05, 0.1) is 0 Å². The van der Waals surface area contributed by atoms with Crippen molar-refractivity contribution in [2.24, 2.45) is 0 Å². The van der Waals surface area contributed by atoms with Gasteiger partial charge < -0.3 is 5.32 Å². The Balaban J connectivity index is 2.50. The molecule has 0 saturated heterocycles. The molecule has 0 unspecified atom stereocenters. The minimum absolute atomic E-state index is 0.514. The number of rotatable bonds is 4. The molecule has 13 heavy (non-hydrogen) atoms. The molecule has 0 atom stereocenters. The maximum atomic E-state index is 4.03. The molecule has 0 saturated carbocycles. The summed E-state index contributed by atoms with van der Waals surface area (Å²) in [5.41, 5.74) is 2.37. The van der Waals surface area contributed by atoms with Crippen molar-refractivity contribution in [3.8, 4) is 0 Å². The van der Waals surface area contributed by atoms with E-state index in [2.05, 4.69) is 37.9 Å². The lowest BCUT2D eigenvalue weighted by Gasteiger charge is -2.10. The third-order valence-corrected chi connectivity index (χ3v) is 1.91. The summed E-state index contributed by atoms with van der Waals surface area (Å²) in [5.74, 6) is 0. The van der Waals surface area contributed by atoms with E-state index in [1.807, 2.05) is 18.2 Å². The molecule has 0 radical (unpaired) electrons. The zero-order valence-electron chi connectivity index (χ0n) is 8.38. The van der Waals surface area contributed by atoms with Crippen LogP contribution in [-0.2, 0) is 0 Å². The van der Waals surface area contributed by atoms with Crippen LogP contribution in [0, 0.1) is 0 Å².